The van der Waals surface area contributed by atoms with E-state index in [-0.39, 0.29) is 18.4 Å². The molecule has 1 aliphatic rings. The number of benzene rings is 1. The van der Waals surface area contributed by atoms with Crippen LogP contribution in [-0.2, 0) is 6.54 Å². The van der Waals surface area contributed by atoms with Gasteiger partial charge in [-0.1, -0.05) is 13.8 Å². The predicted octanol–water partition coefficient (Wildman–Crippen LogP) is 4.05. The van der Waals surface area contributed by atoms with Gasteiger partial charge in [0.05, 0.1) is 23.5 Å². The van der Waals surface area contributed by atoms with E-state index in [1.165, 1.54) is 24.5 Å². The molecule has 1 aliphatic heterocycles. The van der Waals surface area contributed by atoms with Gasteiger partial charge in [-0.25, -0.2) is 4.39 Å². The summed E-state index contributed by atoms with van der Waals surface area (Å²) in [5.41, 5.74) is 2.05. The molecule has 3 heterocycles. The molecule has 0 saturated heterocycles. The molecule has 0 saturated carbocycles. The molecule has 4 rings (SSSR count). The molecule has 9 heteroatoms. The molecule has 8 nitrogen and oxygen atoms in total. The second-order valence-electron chi connectivity index (χ2n) is 9.73. The Kier molecular flexibility index (Phi) is 8.90. The Morgan fingerprint density at radius 1 is 0.919 bits per heavy atom. The van der Waals surface area contributed by atoms with Crippen LogP contribution in [0, 0.1) is 11.7 Å². The molecule has 0 radical (unpaired) electrons. The van der Waals surface area contributed by atoms with Crippen LogP contribution < -0.4 is 4.90 Å². The summed E-state index contributed by atoms with van der Waals surface area (Å²) < 4.78 is 14.5. The number of hydrogen-bond donors (Lipinski definition) is 0. The first-order valence-corrected chi connectivity index (χ1v) is 12.7. The maximum atomic E-state index is 14.5. The van der Waals surface area contributed by atoms with Gasteiger partial charge in [-0.15, -0.1) is 0 Å². The Morgan fingerprint density at radius 2 is 1.70 bits per heavy atom. The van der Waals surface area contributed by atoms with Crippen molar-refractivity contribution in [3.8, 4) is 0 Å². The van der Waals surface area contributed by atoms with E-state index in [0.717, 1.165) is 32.5 Å². The number of aromatic nitrogens is 3. The normalized spacial score (nSPS) is 15.6. The topological polar surface area (TPSA) is 82.5 Å². The molecule has 0 aliphatic carbocycles. The number of rotatable bonds is 4. The molecule has 0 spiro atoms. The highest BCUT2D eigenvalue weighted by Gasteiger charge is 2.25. The summed E-state index contributed by atoms with van der Waals surface area (Å²) in [6.45, 7) is 8.05. The molecular formula is C28H33FN6O2. The van der Waals surface area contributed by atoms with E-state index in [9.17, 15) is 14.0 Å². The van der Waals surface area contributed by atoms with Crippen LogP contribution in [-0.4, -0.2) is 69.5 Å². The second kappa shape index (κ2) is 12.5. The second-order valence-corrected chi connectivity index (χ2v) is 9.73. The third-order valence-corrected chi connectivity index (χ3v) is 6.35. The average molecular weight is 505 g/mol. The largest absolute Gasteiger partial charge is 0.334 e. The number of anilines is 1. The minimum absolute atomic E-state index is 0.162. The molecule has 2 amide bonds. The minimum atomic E-state index is -0.416. The van der Waals surface area contributed by atoms with Crippen molar-refractivity contribution in [1.82, 2.24) is 25.0 Å². The predicted molar refractivity (Wildman–Crippen MR) is 140 cm³/mol. The lowest BCUT2D eigenvalue weighted by molar-refractivity contribution is 0.0732. The van der Waals surface area contributed by atoms with E-state index in [1.54, 1.807) is 46.5 Å². The lowest BCUT2D eigenvalue weighted by Crippen LogP contribution is -2.39. The van der Waals surface area contributed by atoms with E-state index >= 15 is 0 Å². The quantitative estimate of drug-likeness (QED) is 0.533. The van der Waals surface area contributed by atoms with Crippen molar-refractivity contribution >= 4 is 17.5 Å². The van der Waals surface area contributed by atoms with Crippen molar-refractivity contribution in [2.75, 3.05) is 37.6 Å². The summed E-state index contributed by atoms with van der Waals surface area (Å²) in [4.78, 5) is 37.0. The summed E-state index contributed by atoms with van der Waals surface area (Å²) >= 11 is 0. The van der Waals surface area contributed by atoms with Crippen LogP contribution in [0.15, 0.2) is 61.2 Å². The van der Waals surface area contributed by atoms with E-state index in [4.69, 9.17) is 0 Å². The van der Waals surface area contributed by atoms with E-state index in [0.29, 0.717) is 41.4 Å². The molecule has 0 unspecified atom stereocenters. The fraction of sp³-hybridized carbons (Fsp3) is 0.393. The smallest absolute Gasteiger partial charge is 0.259 e. The van der Waals surface area contributed by atoms with Crippen molar-refractivity contribution in [3.05, 3.63) is 83.7 Å². The van der Waals surface area contributed by atoms with E-state index in [2.05, 4.69) is 33.9 Å². The van der Waals surface area contributed by atoms with Crippen molar-refractivity contribution < 1.29 is 14.0 Å². The van der Waals surface area contributed by atoms with Gasteiger partial charge in [0.25, 0.3) is 11.8 Å². The highest BCUT2D eigenvalue weighted by atomic mass is 19.1. The van der Waals surface area contributed by atoms with Crippen LogP contribution in [0.4, 0.5) is 10.1 Å². The van der Waals surface area contributed by atoms with Crippen LogP contribution in [0.2, 0.25) is 0 Å². The van der Waals surface area contributed by atoms with Gasteiger partial charge in [-0.05, 0) is 73.8 Å². The van der Waals surface area contributed by atoms with Gasteiger partial charge in [0.15, 0.2) is 0 Å². The Hall–Kier alpha value is -3.72. The molecule has 3 aromatic rings. The third kappa shape index (κ3) is 6.95. The molecule has 2 aromatic heterocycles. The van der Waals surface area contributed by atoms with Gasteiger partial charge >= 0.3 is 0 Å². The first-order chi connectivity index (χ1) is 17.9. The molecule has 194 valence electrons. The SMILES string of the molecule is CC(C)CN1CCCN(C(=O)c2ccnnc2)Cc2cc(F)ccc2N(C(=O)c2cccnc2)CCC1. The summed E-state index contributed by atoms with van der Waals surface area (Å²) in [5, 5.41) is 7.62. The van der Waals surface area contributed by atoms with Gasteiger partial charge in [-0.2, -0.15) is 10.2 Å². The Balaban J connectivity index is 1.73. The Bertz CT molecular complexity index is 1190. The zero-order valence-electron chi connectivity index (χ0n) is 21.4. The first-order valence-electron chi connectivity index (χ1n) is 12.7. The summed E-state index contributed by atoms with van der Waals surface area (Å²) in [6, 6.07) is 9.49. The maximum Gasteiger partial charge on any atom is 0.259 e. The van der Waals surface area contributed by atoms with Gasteiger partial charge in [-0.3, -0.25) is 14.6 Å². The molecule has 0 bridgehead atoms. The maximum absolute atomic E-state index is 14.5. The number of hydrogen-bond acceptors (Lipinski definition) is 6. The number of halogens is 1. The number of pyridine rings is 1. The van der Waals surface area contributed by atoms with Crippen LogP contribution in [0.3, 0.4) is 0 Å². The molecule has 1 aromatic carbocycles. The number of fused-ring (bicyclic) bond motifs is 1. The zero-order valence-corrected chi connectivity index (χ0v) is 21.4. The van der Waals surface area contributed by atoms with Crippen LogP contribution >= 0.6 is 0 Å². The highest BCUT2D eigenvalue weighted by Crippen LogP contribution is 2.27. The zero-order chi connectivity index (χ0) is 26.2. The van der Waals surface area contributed by atoms with Crippen LogP contribution in [0.1, 0.15) is 53.0 Å². The van der Waals surface area contributed by atoms with Crippen molar-refractivity contribution in [3.63, 3.8) is 0 Å². The summed E-state index contributed by atoms with van der Waals surface area (Å²) in [6.07, 6.45) is 7.63. The number of amides is 2. The standard InChI is InChI=1S/C28H33FN6O2/c1-21(2)19-33-12-4-14-34(27(36)23-9-11-31-32-18-23)20-24-16-25(29)7-8-26(24)35(15-5-13-33)28(37)22-6-3-10-30-17-22/h3,6-11,16-18,21H,4-5,12-15,19-20H2,1-2H3. The molecular weight excluding hydrogens is 471 g/mol. The lowest BCUT2D eigenvalue weighted by Gasteiger charge is -2.32. The average Bonchev–Trinajstić information content (AvgIpc) is 2.90. The number of nitrogens with zero attached hydrogens (tertiary/aromatic N) is 6. The molecule has 37 heavy (non-hydrogen) atoms. The molecule has 0 atom stereocenters. The molecule has 0 N–H and O–H groups in total. The Morgan fingerprint density at radius 3 is 2.41 bits per heavy atom. The summed E-state index contributed by atoms with van der Waals surface area (Å²) in [5.74, 6) is -0.335. The van der Waals surface area contributed by atoms with Crippen LogP contribution in [0.5, 0.6) is 0 Å². The Labute approximate surface area is 217 Å². The summed E-state index contributed by atoms with van der Waals surface area (Å²) in [7, 11) is 0. The van der Waals surface area contributed by atoms with Crippen molar-refractivity contribution in [1.29, 1.82) is 0 Å². The fourth-order valence-corrected chi connectivity index (χ4v) is 4.73. The first kappa shape index (κ1) is 26.3. The van der Waals surface area contributed by atoms with Crippen molar-refractivity contribution in [2.45, 2.75) is 33.2 Å². The highest BCUT2D eigenvalue weighted by molar-refractivity contribution is 6.06. The minimum Gasteiger partial charge on any atom is -0.334 e. The van der Waals surface area contributed by atoms with Gasteiger partial charge < -0.3 is 14.7 Å². The lowest BCUT2D eigenvalue weighted by atomic mass is 10.1. The van der Waals surface area contributed by atoms with Crippen LogP contribution in [0.25, 0.3) is 0 Å². The van der Waals surface area contributed by atoms with Gasteiger partial charge in [0, 0.05) is 44.3 Å². The monoisotopic (exact) mass is 504 g/mol. The molecule has 0 fully saturated rings. The van der Waals surface area contributed by atoms with Gasteiger partial charge in [0.1, 0.15) is 5.82 Å². The van der Waals surface area contributed by atoms with E-state index < -0.39 is 5.82 Å². The van der Waals surface area contributed by atoms with Crippen molar-refractivity contribution in [2.24, 2.45) is 5.92 Å². The third-order valence-electron chi connectivity index (χ3n) is 6.35. The number of carbonyl (C=O) groups excluding carboxylic acids is 2. The fourth-order valence-electron chi connectivity index (χ4n) is 4.73. The van der Waals surface area contributed by atoms with E-state index in [1.807, 2.05) is 0 Å². The van der Waals surface area contributed by atoms with Gasteiger partial charge in [0.2, 0.25) is 0 Å². The number of carbonyl (C=O) groups is 2.